The quantitative estimate of drug-likeness (QED) is 0.855. The lowest BCUT2D eigenvalue weighted by Gasteiger charge is -2.35. The van der Waals surface area contributed by atoms with E-state index in [4.69, 9.17) is 0 Å². The van der Waals surface area contributed by atoms with E-state index in [-0.39, 0.29) is 30.1 Å². The Morgan fingerprint density at radius 1 is 1.12 bits per heavy atom. The molecule has 2 saturated heterocycles. The first-order valence-corrected chi connectivity index (χ1v) is 8.82. The predicted octanol–water partition coefficient (Wildman–Crippen LogP) is 0.607. The normalized spacial score (nSPS) is 20.9. The van der Waals surface area contributed by atoms with Gasteiger partial charge in [-0.15, -0.1) is 0 Å². The lowest BCUT2D eigenvalue weighted by molar-refractivity contribution is -0.141. The van der Waals surface area contributed by atoms with Gasteiger partial charge < -0.3 is 9.80 Å². The summed E-state index contributed by atoms with van der Waals surface area (Å²) in [6, 6.07) is 7.63. The number of hydrogen-bond acceptors (Lipinski definition) is 4. The second-order valence-corrected chi connectivity index (χ2v) is 6.83. The second kappa shape index (κ2) is 6.44. The zero-order chi connectivity index (χ0) is 18.3. The third-order valence-electron chi connectivity index (χ3n) is 5.22. The van der Waals surface area contributed by atoms with Gasteiger partial charge >= 0.3 is 0 Å². The fourth-order valence-electron chi connectivity index (χ4n) is 3.73. The van der Waals surface area contributed by atoms with Crippen LogP contribution < -0.4 is 4.90 Å². The molecule has 1 aromatic heterocycles. The summed E-state index contributed by atoms with van der Waals surface area (Å²) in [5.74, 6) is 0.167. The monoisotopic (exact) mass is 355 g/mol. The van der Waals surface area contributed by atoms with Crippen LogP contribution in [0.3, 0.4) is 0 Å². The zero-order valence-electron chi connectivity index (χ0n) is 14.6. The van der Waals surface area contributed by atoms with E-state index in [1.807, 2.05) is 24.3 Å². The number of carbonyl (C=O) groups excluding carboxylic acids is 3. The van der Waals surface area contributed by atoms with Crippen molar-refractivity contribution in [2.45, 2.75) is 13.3 Å². The van der Waals surface area contributed by atoms with Crippen molar-refractivity contribution in [3.05, 3.63) is 24.3 Å². The molecule has 3 amide bonds. The largest absolute Gasteiger partial charge is 0.339 e. The van der Waals surface area contributed by atoms with Gasteiger partial charge in [0.1, 0.15) is 0 Å². The first kappa shape index (κ1) is 16.6. The Hall–Kier alpha value is -2.90. The van der Waals surface area contributed by atoms with Gasteiger partial charge in [0.2, 0.25) is 17.7 Å². The number of rotatable bonds is 2. The van der Waals surface area contributed by atoms with Crippen LogP contribution in [0.5, 0.6) is 0 Å². The zero-order valence-corrected chi connectivity index (χ0v) is 14.6. The van der Waals surface area contributed by atoms with E-state index in [9.17, 15) is 14.4 Å². The second-order valence-electron chi connectivity index (χ2n) is 6.83. The van der Waals surface area contributed by atoms with E-state index in [0.29, 0.717) is 38.5 Å². The van der Waals surface area contributed by atoms with E-state index in [0.717, 1.165) is 10.9 Å². The molecule has 1 unspecified atom stereocenters. The van der Waals surface area contributed by atoms with Crippen LogP contribution in [0.25, 0.3) is 10.9 Å². The maximum atomic E-state index is 12.8. The maximum absolute atomic E-state index is 12.8. The van der Waals surface area contributed by atoms with Crippen molar-refractivity contribution in [3.63, 3.8) is 0 Å². The minimum atomic E-state index is -0.359. The van der Waals surface area contributed by atoms with Crippen LogP contribution in [0, 0.1) is 5.92 Å². The number of fused-ring (bicyclic) bond motifs is 1. The number of nitrogens with zero attached hydrogens (tertiary/aromatic N) is 4. The number of hydrogen-bond donors (Lipinski definition) is 1. The van der Waals surface area contributed by atoms with Gasteiger partial charge in [-0.1, -0.05) is 12.1 Å². The van der Waals surface area contributed by atoms with Crippen molar-refractivity contribution < 1.29 is 14.4 Å². The summed E-state index contributed by atoms with van der Waals surface area (Å²) < 4.78 is 0. The Labute approximate surface area is 150 Å². The van der Waals surface area contributed by atoms with Crippen molar-refractivity contribution in [3.8, 4) is 0 Å². The number of aromatic nitrogens is 2. The Kier molecular flexibility index (Phi) is 4.10. The van der Waals surface area contributed by atoms with E-state index in [1.54, 1.807) is 21.6 Å². The molecule has 2 aliphatic heterocycles. The fourth-order valence-corrected chi connectivity index (χ4v) is 3.73. The van der Waals surface area contributed by atoms with Gasteiger partial charge in [-0.2, -0.15) is 5.10 Å². The molecule has 4 rings (SSSR count). The Morgan fingerprint density at radius 3 is 2.54 bits per heavy atom. The van der Waals surface area contributed by atoms with Crippen LogP contribution >= 0.6 is 0 Å². The number of H-pyrrole nitrogens is 1. The van der Waals surface area contributed by atoms with Gasteiger partial charge in [-0.05, 0) is 12.1 Å². The predicted molar refractivity (Wildman–Crippen MR) is 95.4 cm³/mol. The minimum Gasteiger partial charge on any atom is -0.339 e. The molecule has 8 heteroatoms. The molecule has 136 valence electrons. The van der Waals surface area contributed by atoms with Crippen LogP contribution in [0.15, 0.2) is 24.3 Å². The van der Waals surface area contributed by atoms with Crippen molar-refractivity contribution in [1.82, 2.24) is 20.0 Å². The molecule has 2 aromatic rings. The van der Waals surface area contributed by atoms with E-state index >= 15 is 0 Å². The average molecular weight is 355 g/mol. The molecule has 0 aliphatic carbocycles. The van der Waals surface area contributed by atoms with Crippen molar-refractivity contribution >= 4 is 34.4 Å². The SMILES string of the molecule is CC(=O)N1CCN(C(=O)C2CC(=O)N(c3n[nH]c4ccccc34)C2)CC1. The van der Waals surface area contributed by atoms with Crippen molar-refractivity contribution in [1.29, 1.82) is 0 Å². The van der Waals surface area contributed by atoms with E-state index in [2.05, 4.69) is 10.2 Å². The lowest BCUT2D eigenvalue weighted by atomic mass is 10.1. The van der Waals surface area contributed by atoms with Crippen LogP contribution in [0.2, 0.25) is 0 Å². The molecule has 0 saturated carbocycles. The highest BCUT2D eigenvalue weighted by Gasteiger charge is 2.39. The highest BCUT2D eigenvalue weighted by atomic mass is 16.2. The van der Waals surface area contributed by atoms with Crippen molar-refractivity contribution in [2.75, 3.05) is 37.6 Å². The first-order valence-electron chi connectivity index (χ1n) is 8.82. The lowest BCUT2D eigenvalue weighted by Crippen LogP contribution is -2.51. The van der Waals surface area contributed by atoms with Gasteiger partial charge in [0.25, 0.3) is 0 Å². The summed E-state index contributed by atoms with van der Waals surface area (Å²) in [6.45, 7) is 4.03. The molecule has 0 bridgehead atoms. The maximum Gasteiger partial charge on any atom is 0.229 e. The fraction of sp³-hybridized carbons (Fsp3) is 0.444. The highest BCUT2D eigenvalue weighted by molar-refractivity contribution is 6.05. The summed E-state index contributed by atoms with van der Waals surface area (Å²) in [7, 11) is 0. The smallest absolute Gasteiger partial charge is 0.229 e. The third-order valence-corrected chi connectivity index (χ3v) is 5.22. The molecule has 8 nitrogen and oxygen atoms in total. The molecule has 3 heterocycles. The number of amides is 3. The first-order chi connectivity index (χ1) is 12.5. The van der Waals surface area contributed by atoms with Gasteiger partial charge in [0.05, 0.1) is 11.4 Å². The van der Waals surface area contributed by atoms with Crippen molar-refractivity contribution in [2.24, 2.45) is 5.92 Å². The highest BCUT2D eigenvalue weighted by Crippen LogP contribution is 2.30. The molecule has 26 heavy (non-hydrogen) atoms. The summed E-state index contributed by atoms with van der Waals surface area (Å²) in [4.78, 5) is 41.9. The van der Waals surface area contributed by atoms with Crippen LogP contribution in [-0.2, 0) is 14.4 Å². The van der Waals surface area contributed by atoms with Crippen LogP contribution in [-0.4, -0.2) is 70.4 Å². The Balaban J connectivity index is 1.46. The van der Waals surface area contributed by atoms with Crippen LogP contribution in [0.4, 0.5) is 5.82 Å². The number of nitrogens with one attached hydrogen (secondary N) is 1. The summed E-state index contributed by atoms with van der Waals surface area (Å²) in [5, 5.41) is 8.08. The van der Waals surface area contributed by atoms with Gasteiger partial charge in [-0.3, -0.25) is 24.4 Å². The Morgan fingerprint density at radius 2 is 1.81 bits per heavy atom. The third kappa shape index (κ3) is 2.81. The number of carbonyl (C=O) groups is 3. The molecule has 2 fully saturated rings. The summed E-state index contributed by atoms with van der Waals surface area (Å²) >= 11 is 0. The summed E-state index contributed by atoms with van der Waals surface area (Å²) in [6.07, 6.45) is 0.201. The van der Waals surface area contributed by atoms with Gasteiger partial charge in [0, 0.05) is 51.5 Å². The topological polar surface area (TPSA) is 89.6 Å². The molecular formula is C18H21N5O3. The Bertz CT molecular complexity index is 869. The van der Waals surface area contributed by atoms with E-state index in [1.165, 1.54) is 0 Å². The number of aromatic amines is 1. The molecule has 2 aliphatic rings. The molecule has 1 aromatic carbocycles. The summed E-state index contributed by atoms with van der Waals surface area (Å²) in [5.41, 5.74) is 0.866. The van der Waals surface area contributed by atoms with Gasteiger partial charge in [-0.25, -0.2) is 0 Å². The number of piperazine rings is 1. The molecule has 1 atom stereocenters. The molecular weight excluding hydrogens is 334 g/mol. The molecule has 1 N–H and O–H groups in total. The number of anilines is 1. The minimum absolute atomic E-state index is 0.0103. The standard InChI is InChI=1S/C18H21N5O3/c1-12(24)21-6-8-22(9-7-21)18(26)13-10-16(25)23(11-13)17-14-4-2-3-5-15(14)19-20-17/h2-5,13H,6-11H2,1H3,(H,19,20). The van der Waals surface area contributed by atoms with Crippen LogP contribution in [0.1, 0.15) is 13.3 Å². The average Bonchev–Trinajstić information content (AvgIpc) is 3.24. The molecule has 0 radical (unpaired) electrons. The van der Waals surface area contributed by atoms with E-state index < -0.39 is 0 Å². The number of benzene rings is 1. The number of para-hydroxylation sites is 1. The van der Waals surface area contributed by atoms with Gasteiger partial charge in [0.15, 0.2) is 5.82 Å². The molecule has 0 spiro atoms.